The lowest BCUT2D eigenvalue weighted by molar-refractivity contribution is 0.0151. The molecule has 0 amide bonds. The molecule has 2 aromatic rings. The van der Waals surface area contributed by atoms with E-state index in [1.165, 1.54) is 6.33 Å². The molecule has 0 aliphatic heterocycles. The summed E-state index contributed by atoms with van der Waals surface area (Å²) < 4.78 is 0. The normalized spacial score (nSPS) is 13.7. The van der Waals surface area contributed by atoms with E-state index in [0.717, 1.165) is 0 Å². The van der Waals surface area contributed by atoms with E-state index in [9.17, 15) is 15.0 Å². The van der Waals surface area contributed by atoms with Crippen molar-refractivity contribution >= 4 is 10.9 Å². The lowest BCUT2D eigenvalue weighted by atomic mass is 10.0. The molecule has 0 fully saturated rings. The van der Waals surface area contributed by atoms with Crippen LogP contribution in [-0.4, -0.2) is 32.8 Å². The van der Waals surface area contributed by atoms with Crippen molar-refractivity contribution in [1.82, 2.24) is 9.97 Å². The van der Waals surface area contributed by atoms with Crippen LogP contribution in [0.25, 0.3) is 21.3 Å². The van der Waals surface area contributed by atoms with E-state index in [1.807, 2.05) is 0 Å². The molecule has 8 heteroatoms. The minimum atomic E-state index is -1.13. The Morgan fingerprint density at radius 2 is 2.25 bits per heavy atom. The molecule has 104 valence electrons. The molecular formula is C12H13N5O3. The monoisotopic (exact) mass is 275 g/mol. The molecule has 0 spiro atoms. The van der Waals surface area contributed by atoms with Crippen molar-refractivity contribution < 1.29 is 10.2 Å². The van der Waals surface area contributed by atoms with Gasteiger partial charge in [0.2, 0.25) is 0 Å². The number of azide groups is 1. The highest BCUT2D eigenvalue weighted by Gasteiger charge is 2.18. The molecule has 8 nitrogen and oxygen atoms in total. The largest absolute Gasteiger partial charge is 0.390 e. The highest BCUT2D eigenvalue weighted by molar-refractivity contribution is 5.77. The molecule has 1 heterocycles. The van der Waals surface area contributed by atoms with Gasteiger partial charge in [-0.05, 0) is 29.6 Å². The number of aliphatic hydroxyl groups is 2. The predicted molar refractivity (Wildman–Crippen MR) is 72.0 cm³/mol. The van der Waals surface area contributed by atoms with Crippen LogP contribution in [0.5, 0.6) is 0 Å². The highest BCUT2D eigenvalue weighted by atomic mass is 16.3. The molecule has 0 aliphatic carbocycles. The summed E-state index contributed by atoms with van der Waals surface area (Å²) in [5.74, 6) is 0. The van der Waals surface area contributed by atoms with Gasteiger partial charge in [0.25, 0.3) is 5.56 Å². The number of benzene rings is 1. The standard InChI is InChI=1S/C12H13N5O3/c13-17-16-4-3-10(18)11(19)7-1-2-8-9(5-7)14-6-15-12(8)20/h1-2,5-6,10-11,18-19H,3-4H2,(H,14,15,20). The summed E-state index contributed by atoms with van der Waals surface area (Å²) in [5.41, 5.74) is 8.77. The van der Waals surface area contributed by atoms with Crippen molar-refractivity contribution in [2.45, 2.75) is 18.6 Å². The summed E-state index contributed by atoms with van der Waals surface area (Å²) in [6.45, 7) is 0.0974. The van der Waals surface area contributed by atoms with Crippen molar-refractivity contribution in [2.24, 2.45) is 5.11 Å². The Bertz CT molecular complexity index is 708. The van der Waals surface area contributed by atoms with Crippen molar-refractivity contribution in [3.05, 3.63) is 50.9 Å². The Kier molecular flexibility index (Phi) is 4.31. The Hall–Kier alpha value is -2.41. The van der Waals surface area contributed by atoms with Gasteiger partial charge in [0.05, 0.1) is 23.3 Å². The number of fused-ring (bicyclic) bond motifs is 1. The second kappa shape index (κ2) is 6.16. The lowest BCUT2D eigenvalue weighted by Crippen LogP contribution is -2.19. The van der Waals surface area contributed by atoms with Crippen LogP contribution in [0.3, 0.4) is 0 Å². The van der Waals surface area contributed by atoms with Gasteiger partial charge in [-0.15, -0.1) is 0 Å². The number of hydrogen-bond acceptors (Lipinski definition) is 5. The zero-order valence-electron chi connectivity index (χ0n) is 10.5. The molecule has 0 saturated carbocycles. The Morgan fingerprint density at radius 3 is 3.00 bits per heavy atom. The summed E-state index contributed by atoms with van der Waals surface area (Å²) in [4.78, 5) is 20.5. The predicted octanol–water partition coefficient (Wildman–Crippen LogP) is 1.02. The first-order valence-electron chi connectivity index (χ1n) is 5.98. The second-order valence-electron chi connectivity index (χ2n) is 4.26. The van der Waals surface area contributed by atoms with E-state index in [-0.39, 0.29) is 18.5 Å². The summed E-state index contributed by atoms with van der Waals surface area (Å²) in [6.07, 6.45) is -0.764. The third-order valence-electron chi connectivity index (χ3n) is 2.96. The van der Waals surface area contributed by atoms with Crippen LogP contribution < -0.4 is 5.56 Å². The Labute approximate surface area is 113 Å². The third kappa shape index (κ3) is 2.94. The van der Waals surface area contributed by atoms with Crippen LogP contribution in [0.15, 0.2) is 34.4 Å². The van der Waals surface area contributed by atoms with Gasteiger partial charge in [0.1, 0.15) is 6.10 Å². The number of aromatic nitrogens is 2. The summed E-state index contributed by atoms with van der Waals surface area (Å²) in [6, 6.07) is 4.65. The molecular weight excluding hydrogens is 262 g/mol. The van der Waals surface area contributed by atoms with E-state index >= 15 is 0 Å². The van der Waals surface area contributed by atoms with Gasteiger partial charge in [0.15, 0.2) is 0 Å². The third-order valence-corrected chi connectivity index (χ3v) is 2.96. The summed E-state index contributed by atoms with van der Waals surface area (Å²) >= 11 is 0. The SMILES string of the molecule is [N-]=[N+]=NCCC(O)C(O)c1ccc2c(=O)[nH]cnc2c1. The maximum atomic E-state index is 11.5. The molecule has 0 saturated heterocycles. The molecule has 3 N–H and O–H groups in total. The number of rotatable bonds is 5. The molecule has 2 atom stereocenters. The fraction of sp³-hybridized carbons (Fsp3) is 0.333. The van der Waals surface area contributed by atoms with Crippen LogP contribution in [0.1, 0.15) is 18.1 Å². The zero-order valence-corrected chi connectivity index (χ0v) is 10.5. The Morgan fingerprint density at radius 1 is 1.45 bits per heavy atom. The number of hydrogen-bond donors (Lipinski definition) is 3. The zero-order chi connectivity index (χ0) is 14.5. The molecule has 0 bridgehead atoms. The van der Waals surface area contributed by atoms with Gasteiger partial charge in [-0.1, -0.05) is 11.2 Å². The first-order valence-corrected chi connectivity index (χ1v) is 5.98. The first-order chi connectivity index (χ1) is 9.63. The maximum absolute atomic E-state index is 11.5. The van der Waals surface area contributed by atoms with E-state index in [4.69, 9.17) is 5.53 Å². The molecule has 2 rings (SSSR count). The number of nitrogens with one attached hydrogen (secondary N) is 1. The van der Waals surface area contributed by atoms with E-state index < -0.39 is 12.2 Å². The fourth-order valence-electron chi connectivity index (χ4n) is 1.88. The highest BCUT2D eigenvalue weighted by Crippen LogP contribution is 2.21. The quantitative estimate of drug-likeness (QED) is 0.426. The topological polar surface area (TPSA) is 135 Å². The lowest BCUT2D eigenvalue weighted by Gasteiger charge is -2.17. The number of nitrogens with zero attached hydrogens (tertiary/aromatic N) is 4. The average molecular weight is 275 g/mol. The minimum absolute atomic E-state index is 0.0974. The van der Waals surface area contributed by atoms with Gasteiger partial charge in [0, 0.05) is 11.5 Å². The second-order valence-corrected chi connectivity index (χ2v) is 4.26. The van der Waals surface area contributed by atoms with E-state index in [2.05, 4.69) is 20.0 Å². The smallest absolute Gasteiger partial charge is 0.258 e. The molecule has 0 radical (unpaired) electrons. The van der Waals surface area contributed by atoms with Gasteiger partial charge in [-0.2, -0.15) is 0 Å². The van der Waals surface area contributed by atoms with Crippen LogP contribution >= 0.6 is 0 Å². The van der Waals surface area contributed by atoms with Crippen LogP contribution in [0.2, 0.25) is 0 Å². The molecule has 1 aromatic carbocycles. The van der Waals surface area contributed by atoms with Crippen LogP contribution in [0.4, 0.5) is 0 Å². The molecule has 1 aromatic heterocycles. The minimum Gasteiger partial charge on any atom is -0.390 e. The fourth-order valence-corrected chi connectivity index (χ4v) is 1.88. The van der Waals surface area contributed by atoms with Crippen molar-refractivity contribution in [2.75, 3.05) is 6.54 Å². The summed E-state index contributed by atoms with van der Waals surface area (Å²) in [7, 11) is 0. The van der Waals surface area contributed by atoms with Gasteiger partial charge < -0.3 is 15.2 Å². The van der Waals surface area contributed by atoms with Crippen molar-refractivity contribution in [3.63, 3.8) is 0 Å². The maximum Gasteiger partial charge on any atom is 0.258 e. The van der Waals surface area contributed by atoms with E-state index in [1.54, 1.807) is 18.2 Å². The van der Waals surface area contributed by atoms with E-state index in [0.29, 0.717) is 16.5 Å². The van der Waals surface area contributed by atoms with Gasteiger partial charge >= 0.3 is 0 Å². The van der Waals surface area contributed by atoms with Crippen molar-refractivity contribution in [1.29, 1.82) is 0 Å². The summed E-state index contributed by atoms with van der Waals surface area (Å²) in [5, 5.41) is 23.5. The Balaban J connectivity index is 2.24. The molecule has 2 unspecified atom stereocenters. The number of H-pyrrole nitrogens is 1. The van der Waals surface area contributed by atoms with Crippen molar-refractivity contribution in [3.8, 4) is 0 Å². The van der Waals surface area contributed by atoms with Gasteiger partial charge in [-0.25, -0.2) is 4.98 Å². The number of aromatic amines is 1. The molecule has 20 heavy (non-hydrogen) atoms. The number of aliphatic hydroxyl groups excluding tert-OH is 2. The van der Waals surface area contributed by atoms with Crippen LogP contribution in [-0.2, 0) is 0 Å². The first kappa shape index (κ1) is 14.0. The van der Waals surface area contributed by atoms with Gasteiger partial charge in [-0.3, -0.25) is 4.79 Å². The van der Waals surface area contributed by atoms with Crippen LogP contribution in [0, 0.1) is 0 Å². The molecule has 0 aliphatic rings. The average Bonchev–Trinajstić information content (AvgIpc) is 2.46.